The van der Waals surface area contributed by atoms with E-state index in [4.69, 9.17) is 0 Å². The Kier molecular flexibility index (Phi) is 3.30. The van der Waals surface area contributed by atoms with E-state index in [1.807, 2.05) is 16.8 Å². The SMILES string of the molecule is O=S(=O)(NC1CCN(c2nccn3nccc23)CC1)C1CC1. The maximum atomic E-state index is 12.0. The maximum absolute atomic E-state index is 12.0. The summed E-state index contributed by atoms with van der Waals surface area (Å²) in [6, 6.07) is 2.00. The molecule has 0 amide bonds. The Labute approximate surface area is 129 Å². The van der Waals surface area contributed by atoms with Gasteiger partial charge in [0, 0.05) is 31.5 Å². The number of sulfonamides is 1. The van der Waals surface area contributed by atoms with Crippen molar-refractivity contribution in [3.05, 3.63) is 24.7 Å². The van der Waals surface area contributed by atoms with Crippen LogP contribution in [-0.2, 0) is 10.0 Å². The smallest absolute Gasteiger partial charge is 0.214 e. The standard InChI is InChI=1S/C14H19N5O2S/c20-22(21,12-1-2-12)17-11-4-8-18(9-5-11)14-13-3-6-16-19(13)10-7-15-14/h3,6-7,10-12,17H,1-2,4-5,8-9H2. The number of hydrogen-bond donors (Lipinski definition) is 1. The molecule has 0 unspecified atom stereocenters. The van der Waals surface area contributed by atoms with Gasteiger partial charge in [0.25, 0.3) is 0 Å². The molecule has 8 heteroatoms. The Balaban J connectivity index is 1.44. The van der Waals surface area contributed by atoms with Crippen LogP contribution in [0.3, 0.4) is 0 Å². The lowest BCUT2D eigenvalue weighted by molar-refractivity contribution is 0.458. The van der Waals surface area contributed by atoms with Gasteiger partial charge in [0.05, 0.1) is 11.4 Å². The molecule has 0 radical (unpaired) electrons. The molecule has 22 heavy (non-hydrogen) atoms. The molecule has 0 aromatic carbocycles. The highest BCUT2D eigenvalue weighted by Crippen LogP contribution is 2.29. The minimum absolute atomic E-state index is 0.0477. The van der Waals surface area contributed by atoms with E-state index in [-0.39, 0.29) is 11.3 Å². The van der Waals surface area contributed by atoms with Crippen molar-refractivity contribution in [1.29, 1.82) is 0 Å². The first-order valence-corrected chi connectivity index (χ1v) is 9.22. The number of rotatable bonds is 4. The molecule has 2 aliphatic rings. The Bertz CT molecular complexity index is 775. The van der Waals surface area contributed by atoms with Crippen molar-refractivity contribution in [2.75, 3.05) is 18.0 Å². The van der Waals surface area contributed by atoms with Gasteiger partial charge in [-0.3, -0.25) is 0 Å². The minimum Gasteiger partial charge on any atom is -0.355 e. The molecule has 2 aromatic heterocycles. The summed E-state index contributed by atoms with van der Waals surface area (Å²) in [4.78, 5) is 6.67. The van der Waals surface area contributed by atoms with Gasteiger partial charge in [-0.15, -0.1) is 0 Å². The predicted octanol–water partition coefficient (Wildman–Crippen LogP) is 0.780. The van der Waals surface area contributed by atoms with Crippen molar-refractivity contribution in [3.8, 4) is 0 Å². The van der Waals surface area contributed by atoms with Gasteiger partial charge in [0.1, 0.15) is 5.52 Å². The van der Waals surface area contributed by atoms with Gasteiger partial charge in [0.2, 0.25) is 10.0 Å². The molecule has 1 aliphatic heterocycles. The van der Waals surface area contributed by atoms with E-state index >= 15 is 0 Å². The fraction of sp³-hybridized carbons (Fsp3) is 0.571. The number of fused-ring (bicyclic) bond motifs is 1. The number of hydrogen-bond acceptors (Lipinski definition) is 5. The normalized spacial score (nSPS) is 20.6. The summed E-state index contributed by atoms with van der Waals surface area (Å²) >= 11 is 0. The molecule has 1 saturated heterocycles. The van der Waals surface area contributed by atoms with Crippen LogP contribution in [0, 0.1) is 0 Å². The first-order chi connectivity index (χ1) is 10.6. The summed E-state index contributed by atoms with van der Waals surface area (Å²) in [7, 11) is -3.09. The summed E-state index contributed by atoms with van der Waals surface area (Å²) in [6.07, 6.45) is 8.57. The molecule has 3 heterocycles. The van der Waals surface area contributed by atoms with Gasteiger partial charge in [0.15, 0.2) is 5.82 Å². The third-order valence-corrected chi connectivity index (χ3v) is 6.40. The van der Waals surface area contributed by atoms with E-state index in [1.54, 1.807) is 12.4 Å². The molecule has 0 bridgehead atoms. The molecule has 1 N–H and O–H groups in total. The number of nitrogens with one attached hydrogen (secondary N) is 1. The van der Waals surface area contributed by atoms with Crippen LogP contribution in [0.2, 0.25) is 0 Å². The molecule has 0 spiro atoms. The second kappa shape index (κ2) is 5.20. The van der Waals surface area contributed by atoms with E-state index in [0.29, 0.717) is 0 Å². The Morgan fingerprint density at radius 2 is 1.91 bits per heavy atom. The Hall–Kier alpha value is -1.67. The number of anilines is 1. The second-order valence-corrected chi connectivity index (χ2v) is 8.03. The number of aromatic nitrogens is 3. The van der Waals surface area contributed by atoms with E-state index in [2.05, 4.69) is 19.7 Å². The van der Waals surface area contributed by atoms with Crippen LogP contribution in [0.1, 0.15) is 25.7 Å². The van der Waals surface area contributed by atoms with E-state index in [9.17, 15) is 8.42 Å². The highest BCUT2D eigenvalue weighted by molar-refractivity contribution is 7.90. The lowest BCUT2D eigenvalue weighted by atomic mass is 10.1. The molecule has 2 fully saturated rings. The maximum Gasteiger partial charge on any atom is 0.214 e. The van der Waals surface area contributed by atoms with Crippen molar-refractivity contribution in [2.45, 2.75) is 37.0 Å². The molecule has 1 aliphatic carbocycles. The Morgan fingerprint density at radius 1 is 1.14 bits per heavy atom. The molecular formula is C14H19N5O2S. The number of nitrogens with zero attached hydrogens (tertiary/aromatic N) is 4. The van der Waals surface area contributed by atoms with Crippen LogP contribution in [0.4, 0.5) is 5.82 Å². The zero-order valence-electron chi connectivity index (χ0n) is 12.2. The summed E-state index contributed by atoms with van der Waals surface area (Å²) in [6.45, 7) is 1.60. The third kappa shape index (κ3) is 2.56. The van der Waals surface area contributed by atoms with Crippen LogP contribution in [0.5, 0.6) is 0 Å². The van der Waals surface area contributed by atoms with Gasteiger partial charge >= 0.3 is 0 Å². The van der Waals surface area contributed by atoms with Crippen molar-refractivity contribution < 1.29 is 8.42 Å². The molecule has 4 rings (SSSR count). The fourth-order valence-electron chi connectivity index (χ4n) is 3.00. The summed E-state index contributed by atoms with van der Waals surface area (Å²) < 4.78 is 28.7. The summed E-state index contributed by atoms with van der Waals surface area (Å²) in [5, 5.41) is 4.08. The van der Waals surface area contributed by atoms with Crippen molar-refractivity contribution in [1.82, 2.24) is 19.3 Å². The van der Waals surface area contributed by atoms with Crippen LogP contribution >= 0.6 is 0 Å². The lowest BCUT2D eigenvalue weighted by Gasteiger charge is -2.33. The monoisotopic (exact) mass is 321 g/mol. The Morgan fingerprint density at radius 3 is 2.64 bits per heavy atom. The molecular weight excluding hydrogens is 302 g/mol. The summed E-state index contributed by atoms with van der Waals surface area (Å²) in [5.74, 6) is 0.920. The number of piperidine rings is 1. The largest absolute Gasteiger partial charge is 0.355 e. The molecule has 1 saturated carbocycles. The highest BCUT2D eigenvalue weighted by Gasteiger charge is 2.37. The van der Waals surface area contributed by atoms with Crippen molar-refractivity contribution >= 4 is 21.4 Å². The van der Waals surface area contributed by atoms with Crippen LogP contribution in [0.15, 0.2) is 24.7 Å². The highest BCUT2D eigenvalue weighted by atomic mass is 32.2. The molecule has 7 nitrogen and oxygen atoms in total. The van der Waals surface area contributed by atoms with Gasteiger partial charge in [-0.1, -0.05) is 0 Å². The molecule has 0 atom stereocenters. The lowest BCUT2D eigenvalue weighted by Crippen LogP contribution is -2.45. The molecule has 2 aromatic rings. The van der Waals surface area contributed by atoms with Crippen LogP contribution in [0.25, 0.3) is 5.52 Å². The predicted molar refractivity (Wildman–Crippen MR) is 83.3 cm³/mol. The van der Waals surface area contributed by atoms with E-state index in [0.717, 1.165) is 50.1 Å². The average Bonchev–Trinajstić information content (AvgIpc) is 3.26. The second-order valence-electron chi connectivity index (χ2n) is 6.04. The van der Waals surface area contributed by atoms with Gasteiger partial charge in [-0.2, -0.15) is 5.10 Å². The zero-order valence-corrected chi connectivity index (χ0v) is 13.0. The van der Waals surface area contributed by atoms with Gasteiger partial charge in [-0.25, -0.2) is 22.6 Å². The topological polar surface area (TPSA) is 79.6 Å². The summed E-state index contributed by atoms with van der Waals surface area (Å²) in [5.41, 5.74) is 0.986. The quantitative estimate of drug-likeness (QED) is 0.900. The van der Waals surface area contributed by atoms with Crippen LogP contribution in [-0.4, -0.2) is 47.4 Å². The van der Waals surface area contributed by atoms with Crippen molar-refractivity contribution in [2.24, 2.45) is 0 Å². The van der Waals surface area contributed by atoms with E-state index < -0.39 is 10.0 Å². The van der Waals surface area contributed by atoms with E-state index in [1.165, 1.54) is 0 Å². The van der Waals surface area contributed by atoms with Gasteiger partial charge < -0.3 is 4.90 Å². The van der Waals surface area contributed by atoms with Crippen LogP contribution < -0.4 is 9.62 Å². The molecule has 118 valence electrons. The van der Waals surface area contributed by atoms with Gasteiger partial charge in [-0.05, 0) is 31.7 Å². The minimum atomic E-state index is -3.09. The first kappa shape index (κ1) is 14.0. The van der Waals surface area contributed by atoms with Crippen molar-refractivity contribution in [3.63, 3.8) is 0 Å². The third-order valence-electron chi connectivity index (χ3n) is 4.39. The zero-order chi connectivity index (χ0) is 15.2. The average molecular weight is 321 g/mol. The first-order valence-electron chi connectivity index (χ1n) is 7.68. The fourth-order valence-corrected chi connectivity index (χ4v) is 4.65.